The summed E-state index contributed by atoms with van der Waals surface area (Å²) >= 11 is 0. The first-order chi connectivity index (χ1) is 18.0. The third-order valence-corrected chi connectivity index (χ3v) is 11.2. The molecule has 4 aliphatic rings. The third-order valence-electron chi connectivity index (χ3n) is 11.2. The highest BCUT2D eigenvalue weighted by Gasteiger charge is 2.49. The normalized spacial score (nSPS) is 36.6. The molecule has 6 nitrogen and oxygen atoms in total. The van der Waals surface area contributed by atoms with E-state index in [9.17, 15) is 0 Å². The molecule has 4 rings (SSSR count). The number of piperidine rings is 3. The molecular weight excluding hydrogens is 498 g/mol. The quantitative estimate of drug-likeness (QED) is 0.396. The van der Waals surface area contributed by atoms with Crippen molar-refractivity contribution in [3.63, 3.8) is 0 Å². The number of rotatable bonds is 6. The van der Waals surface area contributed by atoms with Gasteiger partial charge in [0.25, 0.3) is 0 Å². The molecule has 1 aliphatic carbocycles. The Hall–Kier alpha value is -0.240. The molecule has 0 spiro atoms. The molecule has 0 bridgehead atoms. The van der Waals surface area contributed by atoms with Gasteiger partial charge in [-0.05, 0) is 136 Å². The summed E-state index contributed by atoms with van der Waals surface area (Å²) in [6.07, 6.45) is 9.22. The number of nitrogens with one attached hydrogen (secondary N) is 1. The van der Waals surface area contributed by atoms with Crippen molar-refractivity contribution in [3.8, 4) is 0 Å². The molecular formula is C34H65N3O3. The topological polar surface area (TPSA) is 46.2 Å². The van der Waals surface area contributed by atoms with Crippen molar-refractivity contribution in [3.05, 3.63) is 0 Å². The van der Waals surface area contributed by atoms with Crippen molar-refractivity contribution in [2.24, 2.45) is 0 Å². The molecule has 40 heavy (non-hydrogen) atoms. The van der Waals surface area contributed by atoms with E-state index in [4.69, 9.17) is 14.2 Å². The lowest BCUT2D eigenvalue weighted by atomic mass is 9.78. The molecule has 6 heteroatoms. The summed E-state index contributed by atoms with van der Waals surface area (Å²) in [4.78, 5) is 5.08. The zero-order valence-electron chi connectivity index (χ0n) is 28.7. The highest BCUT2D eigenvalue weighted by Crippen LogP contribution is 2.43. The van der Waals surface area contributed by atoms with E-state index < -0.39 is 0 Å². The molecule has 3 heterocycles. The maximum Gasteiger partial charge on any atom is 0.0866 e. The Morgan fingerprint density at radius 2 is 0.750 bits per heavy atom. The smallest absolute Gasteiger partial charge is 0.0866 e. The fraction of sp³-hybridized carbons (Fsp3) is 1.00. The first-order valence-electron chi connectivity index (χ1n) is 16.2. The minimum absolute atomic E-state index is 0.0601. The van der Waals surface area contributed by atoms with Crippen LogP contribution in [-0.2, 0) is 14.2 Å². The van der Waals surface area contributed by atoms with Crippen molar-refractivity contribution in [2.45, 2.75) is 204 Å². The lowest BCUT2D eigenvalue weighted by Gasteiger charge is -2.54. The number of hydrogen-bond donors (Lipinski definition) is 1. The summed E-state index contributed by atoms with van der Waals surface area (Å²) in [6, 6.07) is 0. The van der Waals surface area contributed by atoms with Gasteiger partial charge in [-0.2, -0.15) is 0 Å². The van der Waals surface area contributed by atoms with Crippen LogP contribution in [0, 0.1) is 0 Å². The minimum atomic E-state index is 0.0601. The number of likely N-dealkylation sites (tertiary alicyclic amines) is 2. The van der Waals surface area contributed by atoms with E-state index in [0.717, 1.165) is 51.4 Å². The van der Waals surface area contributed by atoms with Crippen LogP contribution in [0.1, 0.15) is 134 Å². The lowest BCUT2D eigenvalue weighted by molar-refractivity contribution is -0.158. The Morgan fingerprint density at radius 1 is 0.450 bits per heavy atom. The number of ether oxygens (including phenoxy) is 3. The van der Waals surface area contributed by atoms with Crippen LogP contribution in [0.5, 0.6) is 0 Å². The SMILES string of the molecule is CN1C(C)(C)CC(OC2CC(OC3CC(C)(C)NC(C)(C)C3)C(OC3CC(C)(C)N(C)C(C)(C)C3)C2)CC1(C)C. The van der Waals surface area contributed by atoms with E-state index in [0.29, 0.717) is 0 Å². The Labute approximate surface area is 247 Å². The summed E-state index contributed by atoms with van der Waals surface area (Å²) in [5.41, 5.74) is 0.565. The van der Waals surface area contributed by atoms with Crippen molar-refractivity contribution in [1.82, 2.24) is 15.1 Å². The van der Waals surface area contributed by atoms with E-state index in [1.807, 2.05) is 0 Å². The van der Waals surface area contributed by atoms with Crippen LogP contribution in [0.2, 0.25) is 0 Å². The monoisotopic (exact) mass is 564 g/mol. The van der Waals surface area contributed by atoms with Crippen LogP contribution in [-0.4, -0.2) is 93.8 Å². The summed E-state index contributed by atoms with van der Waals surface area (Å²) in [7, 11) is 4.54. The molecule has 234 valence electrons. The predicted octanol–water partition coefficient (Wildman–Crippen LogP) is 6.55. The fourth-order valence-electron chi connectivity index (χ4n) is 9.16. The van der Waals surface area contributed by atoms with E-state index >= 15 is 0 Å². The molecule has 4 fully saturated rings. The molecule has 0 aromatic carbocycles. The largest absolute Gasteiger partial charge is 0.375 e. The standard InChI is InChI=1S/C34H65N3O3/c1-29(2)17-24(18-30(3,4)35-29)39-27-15-23(38-25-19-31(5,6)36(13)32(7,8)20-25)16-28(27)40-26-21-33(9,10)37(14)34(11,12)22-26/h23-28,35H,15-22H2,1-14H3. The average Bonchev–Trinajstić information content (AvgIpc) is 3.07. The van der Waals surface area contributed by atoms with E-state index in [1.165, 1.54) is 0 Å². The molecule has 0 aromatic heterocycles. The highest BCUT2D eigenvalue weighted by molar-refractivity contribution is 5.03. The van der Waals surface area contributed by atoms with Crippen molar-refractivity contribution in [1.29, 1.82) is 0 Å². The molecule has 3 unspecified atom stereocenters. The molecule has 1 N–H and O–H groups in total. The van der Waals surface area contributed by atoms with E-state index in [-0.39, 0.29) is 69.9 Å². The van der Waals surface area contributed by atoms with Gasteiger partial charge in [-0.15, -0.1) is 0 Å². The Morgan fingerprint density at radius 3 is 1.10 bits per heavy atom. The molecule has 3 saturated heterocycles. The van der Waals surface area contributed by atoms with Gasteiger partial charge in [-0.1, -0.05) is 0 Å². The molecule has 3 atom stereocenters. The van der Waals surface area contributed by atoms with Gasteiger partial charge >= 0.3 is 0 Å². The second kappa shape index (κ2) is 10.7. The van der Waals surface area contributed by atoms with Crippen LogP contribution in [0.3, 0.4) is 0 Å². The van der Waals surface area contributed by atoms with Crippen LogP contribution < -0.4 is 5.32 Å². The first-order valence-corrected chi connectivity index (χ1v) is 16.2. The van der Waals surface area contributed by atoms with Crippen molar-refractivity contribution < 1.29 is 14.2 Å². The van der Waals surface area contributed by atoms with Gasteiger partial charge in [0.05, 0.1) is 36.6 Å². The third kappa shape index (κ3) is 7.27. The van der Waals surface area contributed by atoms with Crippen molar-refractivity contribution in [2.75, 3.05) is 14.1 Å². The fourth-order valence-corrected chi connectivity index (χ4v) is 9.16. The second-order valence-corrected chi connectivity index (χ2v) is 17.9. The van der Waals surface area contributed by atoms with Gasteiger partial charge in [0.1, 0.15) is 0 Å². The van der Waals surface area contributed by atoms with Gasteiger partial charge < -0.3 is 19.5 Å². The Bertz CT molecular complexity index is 843. The Kier molecular flexibility index (Phi) is 8.77. The van der Waals surface area contributed by atoms with E-state index in [2.05, 4.69) is 112 Å². The maximum absolute atomic E-state index is 7.09. The molecule has 0 radical (unpaired) electrons. The molecule has 1 saturated carbocycles. The van der Waals surface area contributed by atoms with Crippen LogP contribution in [0.15, 0.2) is 0 Å². The summed E-state index contributed by atoms with van der Waals surface area (Å²) < 4.78 is 21.1. The molecule has 0 amide bonds. The molecule has 0 aromatic rings. The highest BCUT2D eigenvalue weighted by atomic mass is 16.6. The average molecular weight is 564 g/mol. The van der Waals surface area contributed by atoms with Gasteiger partial charge in [-0.25, -0.2) is 0 Å². The van der Waals surface area contributed by atoms with Gasteiger partial charge in [0.2, 0.25) is 0 Å². The first kappa shape index (κ1) is 32.7. The summed E-state index contributed by atoms with van der Waals surface area (Å²) in [6.45, 7) is 28.1. The number of nitrogens with zero attached hydrogens (tertiary/aromatic N) is 2. The maximum atomic E-state index is 7.09. The summed E-state index contributed by atoms with van der Waals surface area (Å²) in [5.74, 6) is 0. The summed E-state index contributed by atoms with van der Waals surface area (Å²) in [5, 5.41) is 3.82. The lowest BCUT2D eigenvalue weighted by Crippen LogP contribution is -2.61. The Balaban J connectivity index is 1.50. The second-order valence-electron chi connectivity index (χ2n) is 17.9. The van der Waals surface area contributed by atoms with E-state index in [1.54, 1.807) is 0 Å². The van der Waals surface area contributed by atoms with Gasteiger partial charge in [-0.3, -0.25) is 9.80 Å². The van der Waals surface area contributed by atoms with Crippen LogP contribution >= 0.6 is 0 Å². The number of hydrogen-bond acceptors (Lipinski definition) is 6. The van der Waals surface area contributed by atoms with Crippen LogP contribution in [0.4, 0.5) is 0 Å². The molecule has 3 aliphatic heterocycles. The zero-order valence-corrected chi connectivity index (χ0v) is 28.7. The van der Waals surface area contributed by atoms with Crippen LogP contribution in [0.25, 0.3) is 0 Å². The predicted molar refractivity (Wildman–Crippen MR) is 166 cm³/mol. The van der Waals surface area contributed by atoms with Crippen molar-refractivity contribution >= 4 is 0 Å². The zero-order chi connectivity index (χ0) is 30.1. The van der Waals surface area contributed by atoms with Gasteiger partial charge in [0.15, 0.2) is 0 Å². The minimum Gasteiger partial charge on any atom is -0.375 e. The van der Waals surface area contributed by atoms with Gasteiger partial charge in [0, 0.05) is 46.1 Å².